The van der Waals surface area contributed by atoms with E-state index >= 15 is 0 Å². The molecule has 0 aliphatic carbocycles. The van der Waals surface area contributed by atoms with Gasteiger partial charge in [-0.05, 0) is 0 Å². The topological polar surface area (TPSA) is 40.5 Å². The van der Waals surface area contributed by atoms with Gasteiger partial charge in [0.1, 0.15) is 0 Å². The summed E-state index contributed by atoms with van der Waals surface area (Å²) in [5.41, 5.74) is 0. The van der Waals surface area contributed by atoms with Crippen LogP contribution in [0.25, 0.3) is 0 Å². The minimum Gasteiger partial charge on any atom is -0.255 e. The molecule has 22 valence electrons. The van der Waals surface area contributed by atoms with Crippen molar-refractivity contribution < 1.29 is 62.2 Å². The van der Waals surface area contributed by atoms with E-state index in [9.17, 15) is 0 Å². The Morgan fingerprint density at radius 2 is 0.750 bits per heavy atom. The Morgan fingerprint density at radius 3 is 0.750 bits per heavy atom. The molecule has 0 atom stereocenters. The average molecular weight is 391 g/mol. The molecule has 4 heavy (non-hydrogen) atoms. The Balaban J connectivity index is -0.00000000500. The summed E-state index contributed by atoms with van der Waals surface area (Å²) in [6.07, 6.45) is 0. The first-order valence-corrected chi connectivity index (χ1v) is 0.200. The summed E-state index contributed by atoms with van der Waals surface area (Å²) >= 11 is 0. The van der Waals surface area contributed by atoms with Crippen LogP contribution in [0, 0.1) is 0 Å². The zero-order valence-electron chi connectivity index (χ0n) is 1.89. The summed E-state index contributed by atoms with van der Waals surface area (Å²) < 4.78 is 0. The summed E-state index contributed by atoms with van der Waals surface area (Å²) in [6, 6.07) is 0. The van der Waals surface area contributed by atoms with E-state index in [1.165, 1.54) is 0 Å². The molecule has 0 rings (SSSR count). The van der Waals surface area contributed by atoms with Gasteiger partial charge in [0.15, 0.2) is 0 Å². The molecule has 0 amide bonds. The molecule has 0 aromatic heterocycles. The van der Waals surface area contributed by atoms with Crippen LogP contribution in [0.4, 0.5) is 0 Å². The molecule has 0 radical (unpaired) electrons. The van der Waals surface area contributed by atoms with Crippen molar-refractivity contribution in [3.05, 3.63) is 0 Å². The van der Waals surface area contributed by atoms with Crippen LogP contribution in [0.15, 0.2) is 0 Å². The van der Waals surface area contributed by atoms with Crippen molar-refractivity contribution in [1.82, 2.24) is 0 Å². The predicted octanol–water partition coefficient (Wildman–Crippen LogP) is 0.0124. The third kappa shape index (κ3) is 9.40. The van der Waals surface area contributed by atoms with Crippen molar-refractivity contribution in [2.24, 2.45) is 0 Å². The molecule has 0 aromatic carbocycles. The van der Waals surface area contributed by atoms with Crippen molar-refractivity contribution in [1.29, 1.82) is 0 Å². The van der Waals surface area contributed by atoms with Crippen LogP contribution in [0.2, 0.25) is 0 Å². The normalized spacial score (nSPS) is 1.50. The summed E-state index contributed by atoms with van der Waals surface area (Å²) in [4.78, 5) is 0. The van der Waals surface area contributed by atoms with E-state index in [2.05, 4.69) is 0 Å². The second kappa shape index (κ2) is 22.7. The predicted molar refractivity (Wildman–Crippen MR) is 5.26 cm³/mol. The molecular formula is H2Hf2O2. The molecule has 2 N–H and O–H groups in total. The monoisotopic (exact) mass is 394 g/mol. The summed E-state index contributed by atoms with van der Waals surface area (Å²) in [6.45, 7) is 0. The maximum atomic E-state index is 6.00. The van der Waals surface area contributed by atoms with Crippen LogP contribution in [-0.4, -0.2) is 10.5 Å². The standard InChI is InChI=1S/2Hf.H2O2/c;;1-2/h;;1-2H. The van der Waals surface area contributed by atoms with Crippen LogP contribution in [0.5, 0.6) is 0 Å². The molecule has 0 aliphatic rings. The SMILES string of the molecule is OO.[Hf].[Hf]. The van der Waals surface area contributed by atoms with Gasteiger partial charge in [0, 0.05) is 51.7 Å². The van der Waals surface area contributed by atoms with Crippen molar-refractivity contribution >= 4 is 0 Å². The molecule has 0 bridgehead atoms. The molecule has 0 saturated carbocycles. The van der Waals surface area contributed by atoms with Gasteiger partial charge in [0.2, 0.25) is 0 Å². The fraction of sp³-hybridized carbons (Fsp3) is 0. The summed E-state index contributed by atoms with van der Waals surface area (Å²) in [5, 5.41) is 12.0. The van der Waals surface area contributed by atoms with Crippen LogP contribution in [0.1, 0.15) is 0 Å². The molecule has 0 unspecified atom stereocenters. The van der Waals surface area contributed by atoms with Crippen LogP contribution >= 0.6 is 0 Å². The zero-order chi connectivity index (χ0) is 2.00. The smallest absolute Gasteiger partial charge is 0 e. The van der Waals surface area contributed by atoms with Gasteiger partial charge in [-0.1, -0.05) is 0 Å². The fourth-order valence-electron chi connectivity index (χ4n) is 0. The van der Waals surface area contributed by atoms with Gasteiger partial charge in [-0.25, -0.2) is 0 Å². The molecule has 0 spiro atoms. The van der Waals surface area contributed by atoms with Crippen molar-refractivity contribution in [2.75, 3.05) is 0 Å². The van der Waals surface area contributed by atoms with Crippen LogP contribution in [-0.2, 0) is 51.7 Å². The molecular weight excluding hydrogens is 389 g/mol. The molecule has 0 fully saturated rings. The molecule has 2 nitrogen and oxygen atoms in total. The van der Waals surface area contributed by atoms with E-state index in [4.69, 9.17) is 10.5 Å². The first kappa shape index (κ1) is 17.4. The van der Waals surface area contributed by atoms with Gasteiger partial charge in [-0.3, -0.25) is 10.5 Å². The van der Waals surface area contributed by atoms with Crippen molar-refractivity contribution in [2.45, 2.75) is 0 Å². The summed E-state index contributed by atoms with van der Waals surface area (Å²) in [5.74, 6) is 0. The van der Waals surface area contributed by atoms with Gasteiger partial charge in [-0.2, -0.15) is 0 Å². The molecule has 0 aliphatic heterocycles. The fourth-order valence-corrected chi connectivity index (χ4v) is 0. The van der Waals surface area contributed by atoms with E-state index in [1.807, 2.05) is 0 Å². The van der Waals surface area contributed by atoms with E-state index in [0.29, 0.717) is 0 Å². The van der Waals surface area contributed by atoms with Crippen LogP contribution in [0.3, 0.4) is 0 Å². The zero-order valence-corrected chi connectivity index (χ0v) is 9.08. The van der Waals surface area contributed by atoms with Gasteiger partial charge < -0.3 is 0 Å². The Kier molecular flexibility index (Phi) is 98.4. The Labute approximate surface area is 61.7 Å². The molecule has 0 saturated heterocycles. The minimum absolute atomic E-state index is 0. The molecule has 0 aromatic rings. The third-order valence-corrected chi connectivity index (χ3v) is 0. The van der Waals surface area contributed by atoms with Gasteiger partial charge in [-0.15, -0.1) is 0 Å². The third-order valence-electron chi connectivity index (χ3n) is 0. The first-order chi connectivity index (χ1) is 1.00. The summed E-state index contributed by atoms with van der Waals surface area (Å²) in [7, 11) is 0. The maximum Gasteiger partial charge on any atom is 0 e. The molecule has 4 heteroatoms. The number of hydrogen-bond acceptors (Lipinski definition) is 2. The van der Waals surface area contributed by atoms with Gasteiger partial charge >= 0.3 is 0 Å². The Hall–Kier alpha value is 1.66. The van der Waals surface area contributed by atoms with Gasteiger partial charge in [0.25, 0.3) is 0 Å². The quantitative estimate of drug-likeness (QED) is 0.347. The Bertz CT molecular complexity index is 4.00. The number of rotatable bonds is 0. The number of hydrogen-bond donors (Lipinski definition) is 2. The van der Waals surface area contributed by atoms with Gasteiger partial charge in [0.05, 0.1) is 0 Å². The first-order valence-electron chi connectivity index (χ1n) is 0.200. The second-order valence-corrected chi connectivity index (χ2v) is 0. The van der Waals surface area contributed by atoms with Crippen molar-refractivity contribution in [3.63, 3.8) is 0 Å². The largest absolute Gasteiger partial charge is 0.255 e. The Morgan fingerprint density at radius 1 is 0.750 bits per heavy atom. The maximum absolute atomic E-state index is 6.00. The van der Waals surface area contributed by atoms with Crippen molar-refractivity contribution in [3.8, 4) is 0 Å². The van der Waals surface area contributed by atoms with E-state index < -0.39 is 0 Å². The van der Waals surface area contributed by atoms with E-state index in [0.717, 1.165) is 0 Å². The minimum atomic E-state index is 0. The molecule has 0 heterocycles. The van der Waals surface area contributed by atoms with E-state index in [1.54, 1.807) is 0 Å². The average Bonchev–Trinajstić information content (AvgIpc) is 1.00. The second-order valence-electron chi connectivity index (χ2n) is 0. The van der Waals surface area contributed by atoms with Crippen LogP contribution < -0.4 is 0 Å². The van der Waals surface area contributed by atoms with E-state index in [-0.39, 0.29) is 51.7 Å².